The topological polar surface area (TPSA) is 63.6 Å². The van der Waals surface area contributed by atoms with Crippen molar-refractivity contribution >= 4 is 34.1 Å². The maximum Gasteiger partial charge on any atom is 0.154 e. The number of benzene rings is 4. The van der Waals surface area contributed by atoms with Gasteiger partial charge in [0.15, 0.2) is 12.6 Å². The van der Waals surface area contributed by atoms with Crippen molar-refractivity contribution in [1.29, 1.82) is 0 Å². The molecule has 0 spiro atoms. The van der Waals surface area contributed by atoms with E-state index in [0.717, 1.165) is 63.5 Å². The standard InChI is InChI=1S/C22H28O2.C12H10O2.C2H6/c1-15-13-21(20(14-23)19-8-6-5-7-18(15)19)24-17-11-9-16(10-12-17)22(2,3)4;1-8-6-12(14)11(7-13)10-5-3-2-4-9(8)10;1-2/h5-8,13-14,16-17H,9-12H2,1-4H3;2-7,14H,1H3;1-2H3. The molecule has 0 unspecified atom stereocenters. The molecule has 0 heterocycles. The lowest BCUT2D eigenvalue weighted by Crippen LogP contribution is -2.30. The molecule has 0 radical (unpaired) electrons. The number of ether oxygens (including phenoxy) is 1. The molecule has 212 valence electrons. The Morgan fingerprint density at radius 3 is 1.65 bits per heavy atom. The highest BCUT2D eigenvalue weighted by molar-refractivity contribution is 6.03. The van der Waals surface area contributed by atoms with E-state index in [4.69, 9.17) is 4.74 Å². The van der Waals surface area contributed by atoms with Crippen molar-refractivity contribution in [2.45, 2.75) is 80.3 Å². The molecule has 0 saturated heterocycles. The van der Waals surface area contributed by atoms with Gasteiger partial charge in [-0.3, -0.25) is 9.59 Å². The van der Waals surface area contributed by atoms with Crippen molar-refractivity contribution in [2.24, 2.45) is 11.3 Å². The largest absolute Gasteiger partial charge is 0.507 e. The molecule has 4 nitrogen and oxygen atoms in total. The van der Waals surface area contributed by atoms with Gasteiger partial charge in [0.05, 0.1) is 17.2 Å². The Hall–Kier alpha value is -3.66. The van der Waals surface area contributed by atoms with E-state index < -0.39 is 0 Å². The highest BCUT2D eigenvalue weighted by Crippen LogP contribution is 2.40. The summed E-state index contributed by atoms with van der Waals surface area (Å²) in [6.07, 6.45) is 6.42. The predicted molar refractivity (Wildman–Crippen MR) is 167 cm³/mol. The first-order chi connectivity index (χ1) is 19.1. The monoisotopic (exact) mass is 540 g/mol. The van der Waals surface area contributed by atoms with E-state index >= 15 is 0 Å². The first-order valence-corrected chi connectivity index (χ1v) is 14.4. The van der Waals surface area contributed by atoms with Crippen LogP contribution in [-0.4, -0.2) is 23.8 Å². The summed E-state index contributed by atoms with van der Waals surface area (Å²) in [5, 5.41) is 13.5. The first-order valence-electron chi connectivity index (χ1n) is 14.4. The van der Waals surface area contributed by atoms with Crippen LogP contribution in [0.15, 0.2) is 60.7 Å². The Kier molecular flexibility index (Phi) is 10.5. The summed E-state index contributed by atoms with van der Waals surface area (Å²) in [5.41, 5.74) is 3.57. The van der Waals surface area contributed by atoms with Crippen molar-refractivity contribution in [1.82, 2.24) is 0 Å². The summed E-state index contributed by atoms with van der Waals surface area (Å²) in [5.74, 6) is 1.57. The second-order valence-corrected chi connectivity index (χ2v) is 11.5. The molecule has 1 aliphatic rings. The molecule has 4 heteroatoms. The number of carbonyl (C=O) groups excluding carboxylic acids is 2. The van der Waals surface area contributed by atoms with Crippen LogP contribution < -0.4 is 4.74 Å². The van der Waals surface area contributed by atoms with Gasteiger partial charge in [0, 0.05) is 0 Å². The zero-order chi connectivity index (χ0) is 29.4. The molecule has 0 bridgehead atoms. The highest BCUT2D eigenvalue weighted by atomic mass is 16.5. The van der Waals surface area contributed by atoms with E-state index in [0.29, 0.717) is 22.8 Å². The molecule has 5 rings (SSSR count). The van der Waals surface area contributed by atoms with Crippen LogP contribution in [0.25, 0.3) is 21.5 Å². The Labute approximate surface area is 239 Å². The normalized spacial score (nSPS) is 16.8. The van der Waals surface area contributed by atoms with Gasteiger partial charge in [0.1, 0.15) is 11.5 Å². The van der Waals surface area contributed by atoms with Gasteiger partial charge in [-0.25, -0.2) is 0 Å². The van der Waals surface area contributed by atoms with Gasteiger partial charge in [-0.1, -0.05) is 83.1 Å². The maximum atomic E-state index is 11.7. The molecular weight excluding hydrogens is 496 g/mol. The molecule has 1 fully saturated rings. The van der Waals surface area contributed by atoms with Gasteiger partial charge >= 0.3 is 0 Å². The number of carbonyl (C=O) groups is 2. The van der Waals surface area contributed by atoms with Crippen LogP contribution in [0.4, 0.5) is 0 Å². The summed E-state index contributed by atoms with van der Waals surface area (Å²) >= 11 is 0. The SMILES string of the molecule is CC.Cc1cc(O)c(C=O)c2ccccc12.Cc1cc(OC2CCC(C(C)(C)C)CC2)c(C=O)c2ccccc12. The number of hydrogen-bond donors (Lipinski definition) is 1. The fraction of sp³-hybridized carbons (Fsp3) is 0.389. The minimum Gasteiger partial charge on any atom is -0.507 e. The average molecular weight is 541 g/mol. The summed E-state index contributed by atoms with van der Waals surface area (Å²) in [4.78, 5) is 22.5. The second-order valence-electron chi connectivity index (χ2n) is 11.5. The summed E-state index contributed by atoms with van der Waals surface area (Å²) in [6, 6.07) is 19.3. The van der Waals surface area contributed by atoms with E-state index in [2.05, 4.69) is 33.8 Å². The third-order valence-electron chi connectivity index (χ3n) is 7.95. The third kappa shape index (κ3) is 6.91. The van der Waals surface area contributed by atoms with Crippen molar-refractivity contribution in [3.8, 4) is 11.5 Å². The van der Waals surface area contributed by atoms with Crippen LogP contribution in [0.5, 0.6) is 11.5 Å². The lowest BCUT2D eigenvalue weighted by atomic mass is 9.72. The number of phenols is 1. The highest BCUT2D eigenvalue weighted by Gasteiger charge is 2.30. The Morgan fingerprint density at radius 1 is 0.725 bits per heavy atom. The fourth-order valence-electron chi connectivity index (χ4n) is 5.68. The van der Waals surface area contributed by atoms with Crippen LogP contribution in [0.1, 0.15) is 92.1 Å². The van der Waals surface area contributed by atoms with Crippen molar-refractivity contribution < 1.29 is 19.4 Å². The van der Waals surface area contributed by atoms with Crippen LogP contribution in [0.2, 0.25) is 0 Å². The molecule has 1 saturated carbocycles. The number of phenolic OH excluding ortho intramolecular Hbond substituents is 1. The second kappa shape index (κ2) is 13.6. The quantitative estimate of drug-likeness (QED) is 0.262. The molecule has 40 heavy (non-hydrogen) atoms. The van der Waals surface area contributed by atoms with E-state index in [1.54, 1.807) is 6.07 Å². The number of fused-ring (bicyclic) bond motifs is 2. The number of aromatic hydroxyl groups is 1. The van der Waals surface area contributed by atoms with Crippen LogP contribution in [0, 0.1) is 25.2 Å². The van der Waals surface area contributed by atoms with Crippen LogP contribution in [-0.2, 0) is 0 Å². The van der Waals surface area contributed by atoms with E-state index in [-0.39, 0.29) is 11.9 Å². The summed E-state index contributed by atoms with van der Waals surface area (Å²) in [7, 11) is 0. The van der Waals surface area contributed by atoms with Gasteiger partial charge in [-0.2, -0.15) is 0 Å². The summed E-state index contributed by atoms with van der Waals surface area (Å²) < 4.78 is 6.30. The lowest BCUT2D eigenvalue weighted by Gasteiger charge is -2.37. The number of hydrogen-bond acceptors (Lipinski definition) is 4. The molecular formula is C36H44O4. The zero-order valence-corrected chi connectivity index (χ0v) is 25.1. The zero-order valence-electron chi connectivity index (χ0n) is 25.1. The maximum absolute atomic E-state index is 11.7. The Balaban J connectivity index is 0.000000234. The van der Waals surface area contributed by atoms with E-state index in [1.807, 2.05) is 69.3 Å². The van der Waals surface area contributed by atoms with Gasteiger partial charge in [0.2, 0.25) is 0 Å². The minimum atomic E-state index is 0.0520. The number of aldehydes is 2. The van der Waals surface area contributed by atoms with Crippen LogP contribution in [0.3, 0.4) is 0 Å². The van der Waals surface area contributed by atoms with Crippen molar-refractivity contribution in [3.63, 3.8) is 0 Å². The predicted octanol–water partition coefficient (Wildman–Crippen LogP) is 9.64. The molecule has 4 aromatic carbocycles. The van der Waals surface area contributed by atoms with Gasteiger partial charge in [-0.05, 0) is 95.7 Å². The molecule has 4 aromatic rings. The Bertz CT molecular complexity index is 1450. The fourth-order valence-corrected chi connectivity index (χ4v) is 5.68. The molecule has 0 aliphatic heterocycles. The smallest absolute Gasteiger partial charge is 0.154 e. The van der Waals surface area contributed by atoms with E-state index in [9.17, 15) is 14.7 Å². The van der Waals surface area contributed by atoms with E-state index in [1.165, 1.54) is 12.8 Å². The molecule has 1 N–H and O–H groups in total. The molecule has 1 aliphatic carbocycles. The molecule has 0 aromatic heterocycles. The average Bonchev–Trinajstić information content (AvgIpc) is 2.95. The Morgan fingerprint density at radius 2 is 1.18 bits per heavy atom. The minimum absolute atomic E-state index is 0.0520. The van der Waals surface area contributed by atoms with Gasteiger partial charge in [0.25, 0.3) is 0 Å². The summed E-state index contributed by atoms with van der Waals surface area (Å²) in [6.45, 7) is 15.0. The van der Waals surface area contributed by atoms with Crippen molar-refractivity contribution in [3.05, 3.63) is 82.9 Å². The number of aryl methyl sites for hydroxylation is 2. The molecule has 0 amide bonds. The lowest BCUT2D eigenvalue weighted by molar-refractivity contribution is 0.0871. The van der Waals surface area contributed by atoms with Crippen LogP contribution >= 0.6 is 0 Å². The number of rotatable bonds is 4. The third-order valence-corrected chi connectivity index (χ3v) is 7.95. The van der Waals surface area contributed by atoms with Crippen molar-refractivity contribution in [2.75, 3.05) is 0 Å². The van der Waals surface area contributed by atoms with Gasteiger partial charge < -0.3 is 9.84 Å². The first kappa shape index (κ1) is 30.9. The van der Waals surface area contributed by atoms with Gasteiger partial charge in [-0.15, -0.1) is 0 Å². The molecule has 0 atom stereocenters.